The fourth-order valence-electron chi connectivity index (χ4n) is 1.80. The van der Waals surface area contributed by atoms with Crippen molar-refractivity contribution in [1.29, 1.82) is 0 Å². The quantitative estimate of drug-likeness (QED) is 0.889. The SMILES string of the molecule is NC(CC(=O)O)c1cc(Br)c2c(c1)CCO2. The number of benzene rings is 1. The summed E-state index contributed by atoms with van der Waals surface area (Å²) >= 11 is 3.40. The van der Waals surface area contributed by atoms with Gasteiger partial charge in [0.2, 0.25) is 0 Å². The number of nitrogens with two attached hydrogens (primary N) is 1. The van der Waals surface area contributed by atoms with Crippen molar-refractivity contribution in [3.8, 4) is 5.75 Å². The van der Waals surface area contributed by atoms with Crippen LogP contribution in [0, 0.1) is 0 Å². The highest BCUT2D eigenvalue weighted by Gasteiger charge is 2.19. The third kappa shape index (κ3) is 2.20. The van der Waals surface area contributed by atoms with E-state index in [0.717, 1.165) is 27.8 Å². The maximum Gasteiger partial charge on any atom is 0.305 e. The second kappa shape index (κ2) is 4.43. The third-order valence-corrected chi connectivity index (χ3v) is 3.17. The number of fused-ring (bicyclic) bond motifs is 1. The van der Waals surface area contributed by atoms with Crippen LogP contribution in [0.1, 0.15) is 23.6 Å². The molecule has 0 fully saturated rings. The number of carbonyl (C=O) groups is 1. The number of ether oxygens (including phenoxy) is 1. The molecule has 3 N–H and O–H groups in total. The van der Waals surface area contributed by atoms with Crippen LogP contribution in [0.5, 0.6) is 5.75 Å². The van der Waals surface area contributed by atoms with Gasteiger partial charge in [0.15, 0.2) is 0 Å². The average Bonchev–Trinajstić information content (AvgIpc) is 2.64. The lowest BCUT2D eigenvalue weighted by molar-refractivity contribution is -0.137. The van der Waals surface area contributed by atoms with E-state index in [9.17, 15) is 4.79 Å². The molecule has 0 bridgehead atoms. The molecule has 0 saturated heterocycles. The molecule has 1 heterocycles. The lowest BCUT2D eigenvalue weighted by atomic mass is 10.0. The number of carboxylic acids is 1. The Morgan fingerprint density at radius 1 is 1.62 bits per heavy atom. The molecule has 0 aromatic heterocycles. The van der Waals surface area contributed by atoms with Crippen LogP contribution in [-0.2, 0) is 11.2 Å². The fourth-order valence-corrected chi connectivity index (χ4v) is 2.44. The van der Waals surface area contributed by atoms with Crippen molar-refractivity contribution in [2.45, 2.75) is 18.9 Å². The molecule has 1 aromatic carbocycles. The molecule has 0 saturated carbocycles. The second-order valence-electron chi connectivity index (χ2n) is 3.79. The van der Waals surface area contributed by atoms with E-state index < -0.39 is 12.0 Å². The lowest BCUT2D eigenvalue weighted by Gasteiger charge is -2.12. The van der Waals surface area contributed by atoms with Crippen molar-refractivity contribution in [2.75, 3.05) is 6.61 Å². The van der Waals surface area contributed by atoms with Crippen molar-refractivity contribution < 1.29 is 14.6 Å². The highest BCUT2D eigenvalue weighted by Crippen LogP contribution is 2.36. The molecule has 2 rings (SSSR count). The van der Waals surface area contributed by atoms with Gasteiger partial charge in [-0.1, -0.05) is 6.07 Å². The zero-order valence-electron chi connectivity index (χ0n) is 8.57. The first-order valence-corrected chi connectivity index (χ1v) is 5.79. The summed E-state index contributed by atoms with van der Waals surface area (Å²) in [6.07, 6.45) is 0.785. The summed E-state index contributed by atoms with van der Waals surface area (Å²) < 4.78 is 6.29. The van der Waals surface area contributed by atoms with Crippen LogP contribution in [0.4, 0.5) is 0 Å². The molecule has 1 atom stereocenters. The topological polar surface area (TPSA) is 72.6 Å². The van der Waals surface area contributed by atoms with Gasteiger partial charge in [-0.25, -0.2) is 0 Å². The highest BCUT2D eigenvalue weighted by atomic mass is 79.9. The number of hydrogen-bond donors (Lipinski definition) is 2. The van der Waals surface area contributed by atoms with Gasteiger partial charge in [-0.05, 0) is 33.1 Å². The minimum absolute atomic E-state index is 0.0634. The van der Waals surface area contributed by atoms with Gasteiger partial charge in [0.05, 0.1) is 17.5 Å². The van der Waals surface area contributed by atoms with E-state index in [1.54, 1.807) is 0 Å². The monoisotopic (exact) mass is 285 g/mol. The Bertz CT molecular complexity index is 433. The standard InChI is InChI=1S/C11H12BrNO3/c12-8-4-7(9(13)5-10(14)15)3-6-1-2-16-11(6)8/h3-4,9H,1-2,5,13H2,(H,14,15). The normalized spacial score (nSPS) is 15.4. The largest absolute Gasteiger partial charge is 0.492 e. The average molecular weight is 286 g/mol. The highest BCUT2D eigenvalue weighted by molar-refractivity contribution is 9.10. The van der Waals surface area contributed by atoms with E-state index in [1.807, 2.05) is 12.1 Å². The molecule has 0 aliphatic carbocycles. The number of halogens is 1. The summed E-state index contributed by atoms with van der Waals surface area (Å²) in [5.41, 5.74) is 7.74. The van der Waals surface area contributed by atoms with Crippen LogP contribution >= 0.6 is 15.9 Å². The van der Waals surface area contributed by atoms with Crippen molar-refractivity contribution >= 4 is 21.9 Å². The predicted molar refractivity (Wildman–Crippen MR) is 62.5 cm³/mol. The van der Waals surface area contributed by atoms with Crippen molar-refractivity contribution in [2.24, 2.45) is 5.73 Å². The van der Waals surface area contributed by atoms with Crippen LogP contribution in [-0.4, -0.2) is 17.7 Å². The van der Waals surface area contributed by atoms with E-state index >= 15 is 0 Å². The first kappa shape index (κ1) is 11.4. The molecular weight excluding hydrogens is 274 g/mol. The van der Waals surface area contributed by atoms with Crippen molar-refractivity contribution in [3.05, 3.63) is 27.7 Å². The summed E-state index contributed by atoms with van der Waals surface area (Å²) in [7, 11) is 0. The maximum atomic E-state index is 10.6. The Hall–Kier alpha value is -1.07. The minimum Gasteiger partial charge on any atom is -0.492 e. The fraction of sp³-hybridized carbons (Fsp3) is 0.364. The lowest BCUT2D eigenvalue weighted by Crippen LogP contribution is -2.15. The Morgan fingerprint density at radius 3 is 3.06 bits per heavy atom. The molecule has 0 radical (unpaired) electrons. The van der Waals surface area contributed by atoms with Gasteiger partial charge >= 0.3 is 5.97 Å². The molecule has 1 aliphatic rings. The van der Waals surface area contributed by atoms with Gasteiger partial charge in [-0.2, -0.15) is 0 Å². The summed E-state index contributed by atoms with van der Waals surface area (Å²) in [6.45, 7) is 0.672. The zero-order valence-corrected chi connectivity index (χ0v) is 10.2. The number of rotatable bonds is 3. The molecule has 0 spiro atoms. The van der Waals surface area contributed by atoms with Crippen LogP contribution in [0.15, 0.2) is 16.6 Å². The summed E-state index contributed by atoms with van der Waals surface area (Å²) in [4.78, 5) is 10.6. The zero-order chi connectivity index (χ0) is 11.7. The number of aliphatic carboxylic acids is 1. The third-order valence-electron chi connectivity index (χ3n) is 2.58. The Labute approximate surface area is 102 Å². The van der Waals surface area contributed by atoms with Crippen molar-refractivity contribution in [3.63, 3.8) is 0 Å². The van der Waals surface area contributed by atoms with Gasteiger partial charge in [-0.3, -0.25) is 4.79 Å². The first-order valence-electron chi connectivity index (χ1n) is 5.00. The van der Waals surface area contributed by atoms with Gasteiger partial charge < -0.3 is 15.6 Å². The molecule has 0 amide bonds. The summed E-state index contributed by atoms with van der Waals surface area (Å²) in [5.74, 6) is -0.0355. The van der Waals surface area contributed by atoms with Gasteiger partial charge in [0.1, 0.15) is 5.75 Å². The minimum atomic E-state index is -0.889. The van der Waals surface area contributed by atoms with Crippen LogP contribution in [0.2, 0.25) is 0 Å². The van der Waals surface area contributed by atoms with Crippen LogP contribution < -0.4 is 10.5 Å². The molecule has 86 valence electrons. The number of hydrogen-bond acceptors (Lipinski definition) is 3. The summed E-state index contributed by atoms with van der Waals surface area (Å²) in [5, 5.41) is 8.69. The molecule has 16 heavy (non-hydrogen) atoms. The number of carboxylic acid groups (broad SMARTS) is 1. The summed E-state index contributed by atoms with van der Waals surface area (Å²) in [6, 6.07) is 3.29. The van der Waals surface area contributed by atoms with E-state index in [2.05, 4.69) is 15.9 Å². The van der Waals surface area contributed by atoms with Crippen LogP contribution in [0.25, 0.3) is 0 Å². The Morgan fingerprint density at radius 2 is 2.38 bits per heavy atom. The second-order valence-corrected chi connectivity index (χ2v) is 4.65. The first-order chi connectivity index (χ1) is 7.58. The smallest absolute Gasteiger partial charge is 0.305 e. The van der Waals surface area contributed by atoms with Gasteiger partial charge in [-0.15, -0.1) is 0 Å². The molecule has 1 aromatic rings. The van der Waals surface area contributed by atoms with Crippen molar-refractivity contribution in [1.82, 2.24) is 0 Å². The predicted octanol–water partition coefficient (Wildman–Crippen LogP) is 1.86. The van der Waals surface area contributed by atoms with E-state index in [-0.39, 0.29) is 6.42 Å². The maximum absolute atomic E-state index is 10.6. The van der Waals surface area contributed by atoms with E-state index in [0.29, 0.717) is 6.61 Å². The van der Waals surface area contributed by atoms with E-state index in [1.165, 1.54) is 0 Å². The Kier molecular flexibility index (Phi) is 3.16. The Balaban J connectivity index is 2.29. The van der Waals surface area contributed by atoms with Gasteiger partial charge in [0.25, 0.3) is 0 Å². The van der Waals surface area contributed by atoms with E-state index in [4.69, 9.17) is 15.6 Å². The molecule has 1 unspecified atom stereocenters. The molecule has 1 aliphatic heterocycles. The molecular formula is C11H12BrNO3. The van der Waals surface area contributed by atoms with Gasteiger partial charge in [0, 0.05) is 12.5 Å². The van der Waals surface area contributed by atoms with Crippen LogP contribution in [0.3, 0.4) is 0 Å². The molecule has 4 nitrogen and oxygen atoms in total. The molecule has 5 heteroatoms.